The molecule has 1 aliphatic carbocycles. The molecular formula is C33H39Cl2N3O5S2. The van der Waals surface area contributed by atoms with Crippen molar-refractivity contribution < 1.29 is 22.7 Å². The number of halogens is 2. The molecule has 1 aliphatic rings. The third-order valence-corrected chi connectivity index (χ3v) is 11.1. The molecule has 3 aromatic rings. The summed E-state index contributed by atoms with van der Waals surface area (Å²) in [6.45, 7) is 3.45. The highest BCUT2D eigenvalue weighted by molar-refractivity contribution is 7.98. The number of rotatable bonds is 13. The lowest BCUT2D eigenvalue weighted by Crippen LogP contribution is -2.53. The van der Waals surface area contributed by atoms with Gasteiger partial charge in [0.2, 0.25) is 11.8 Å². The van der Waals surface area contributed by atoms with E-state index in [1.807, 2.05) is 13.2 Å². The second-order valence-electron chi connectivity index (χ2n) is 10.9. The molecule has 0 aromatic heterocycles. The van der Waals surface area contributed by atoms with Gasteiger partial charge in [0.05, 0.1) is 27.2 Å². The maximum atomic E-state index is 14.2. The largest absolute Gasteiger partial charge is 0.494 e. The van der Waals surface area contributed by atoms with Crippen LogP contribution in [0.1, 0.15) is 51.5 Å². The first-order valence-corrected chi connectivity index (χ1v) is 18.4. The highest BCUT2D eigenvalue weighted by Gasteiger charge is 2.33. The Balaban J connectivity index is 1.69. The molecule has 0 bridgehead atoms. The Labute approximate surface area is 280 Å². The highest BCUT2D eigenvalue weighted by Crippen LogP contribution is 2.29. The van der Waals surface area contributed by atoms with Crippen LogP contribution in [0.3, 0.4) is 0 Å². The number of amides is 2. The van der Waals surface area contributed by atoms with Crippen molar-refractivity contribution in [3.63, 3.8) is 0 Å². The molecule has 12 heteroatoms. The van der Waals surface area contributed by atoms with Crippen molar-refractivity contribution in [1.82, 2.24) is 10.2 Å². The second-order valence-corrected chi connectivity index (χ2v) is 14.5. The van der Waals surface area contributed by atoms with Crippen LogP contribution in [0.4, 0.5) is 5.69 Å². The predicted molar refractivity (Wildman–Crippen MR) is 182 cm³/mol. The van der Waals surface area contributed by atoms with Gasteiger partial charge in [-0.1, -0.05) is 48.5 Å². The lowest BCUT2D eigenvalue weighted by molar-refractivity contribution is -0.139. The van der Waals surface area contributed by atoms with Gasteiger partial charge in [0.15, 0.2) is 0 Å². The fourth-order valence-electron chi connectivity index (χ4n) is 5.26. The number of nitrogens with one attached hydrogen (secondary N) is 1. The quantitative estimate of drug-likeness (QED) is 0.191. The molecule has 1 atom stereocenters. The number of benzene rings is 3. The lowest BCUT2D eigenvalue weighted by atomic mass is 9.95. The number of nitrogens with zero attached hydrogens (tertiary/aromatic N) is 2. The van der Waals surface area contributed by atoms with Gasteiger partial charge in [-0.05, 0) is 99.2 Å². The molecule has 242 valence electrons. The van der Waals surface area contributed by atoms with Crippen LogP contribution in [-0.2, 0) is 26.2 Å². The van der Waals surface area contributed by atoms with Gasteiger partial charge in [-0.15, -0.1) is 11.8 Å². The average molecular weight is 693 g/mol. The molecule has 1 saturated carbocycles. The third kappa shape index (κ3) is 9.09. The molecule has 0 aliphatic heterocycles. The molecule has 45 heavy (non-hydrogen) atoms. The molecule has 1 fully saturated rings. The molecule has 4 rings (SSSR count). The van der Waals surface area contributed by atoms with Crippen LogP contribution in [0.25, 0.3) is 0 Å². The molecule has 8 nitrogen and oxygen atoms in total. The molecule has 1 N–H and O–H groups in total. The molecule has 0 spiro atoms. The Bertz CT molecular complexity index is 1560. The maximum absolute atomic E-state index is 14.2. The fourth-order valence-corrected chi connectivity index (χ4v) is 7.41. The van der Waals surface area contributed by atoms with E-state index in [4.69, 9.17) is 27.9 Å². The van der Waals surface area contributed by atoms with Crippen LogP contribution >= 0.6 is 35.0 Å². The summed E-state index contributed by atoms with van der Waals surface area (Å²) < 4.78 is 34.9. The minimum Gasteiger partial charge on any atom is -0.494 e. The van der Waals surface area contributed by atoms with Gasteiger partial charge in [-0.25, -0.2) is 8.42 Å². The second kappa shape index (κ2) is 16.1. The van der Waals surface area contributed by atoms with E-state index in [1.165, 1.54) is 28.8 Å². The van der Waals surface area contributed by atoms with Crippen LogP contribution in [0, 0.1) is 0 Å². The van der Waals surface area contributed by atoms with Gasteiger partial charge in [-0.3, -0.25) is 13.9 Å². The summed E-state index contributed by atoms with van der Waals surface area (Å²) in [6, 6.07) is 17.2. The van der Waals surface area contributed by atoms with Crippen molar-refractivity contribution in [1.29, 1.82) is 0 Å². The number of hydrogen-bond donors (Lipinski definition) is 1. The number of hydrogen-bond acceptors (Lipinski definition) is 6. The Kier molecular flexibility index (Phi) is 12.5. The van der Waals surface area contributed by atoms with Crippen molar-refractivity contribution in [3.8, 4) is 5.75 Å². The standard InChI is InChI=1S/C33H39Cl2N3O5S2/c1-4-43-27-13-11-26(12-14-27)38(45(41,42)29-17-15-28(44-3)16-18-29)22-32(39)37(21-24-10-19-30(34)31(35)20-24)23(2)33(40)36-25-8-6-5-7-9-25/h10-20,23,25H,4-9,21-22H2,1-3H3,(H,36,40)/t23-/m0/s1. The number of anilines is 1. The van der Waals surface area contributed by atoms with Crippen LogP contribution in [0.2, 0.25) is 10.0 Å². The molecule has 0 unspecified atom stereocenters. The van der Waals surface area contributed by atoms with Gasteiger partial charge in [0, 0.05) is 17.5 Å². The summed E-state index contributed by atoms with van der Waals surface area (Å²) in [6.07, 6.45) is 6.90. The number of carbonyl (C=O) groups is 2. The summed E-state index contributed by atoms with van der Waals surface area (Å²) in [5.74, 6) is -0.271. The molecule has 2 amide bonds. The topological polar surface area (TPSA) is 96.0 Å². The lowest BCUT2D eigenvalue weighted by Gasteiger charge is -2.33. The summed E-state index contributed by atoms with van der Waals surface area (Å²) in [5.41, 5.74) is 0.938. The van der Waals surface area contributed by atoms with Gasteiger partial charge < -0.3 is 15.0 Å². The minimum absolute atomic E-state index is 0.0224. The first-order chi connectivity index (χ1) is 21.5. The first kappa shape index (κ1) is 34.9. The Morgan fingerprint density at radius 2 is 1.64 bits per heavy atom. The van der Waals surface area contributed by atoms with E-state index in [2.05, 4.69) is 5.32 Å². The molecule has 0 heterocycles. The zero-order chi connectivity index (χ0) is 32.6. The van der Waals surface area contributed by atoms with Gasteiger partial charge in [0.25, 0.3) is 10.0 Å². The van der Waals surface area contributed by atoms with E-state index < -0.39 is 28.5 Å². The third-order valence-electron chi connectivity index (χ3n) is 7.82. The van der Waals surface area contributed by atoms with Crippen LogP contribution in [-0.4, -0.2) is 56.6 Å². The smallest absolute Gasteiger partial charge is 0.264 e. The van der Waals surface area contributed by atoms with E-state index in [1.54, 1.807) is 61.5 Å². The van der Waals surface area contributed by atoms with E-state index in [-0.39, 0.29) is 29.1 Å². The summed E-state index contributed by atoms with van der Waals surface area (Å²) >= 11 is 13.9. The Morgan fingerprint density at radius 1 is 0.978 bits per heavy atom. The van der Waals surface area contributed by atoms with Crippen LogP contribution < -0.4 is 14.4 Å². The normalized spacial score (nSPS) is 14.4. The molecule has 0 saturated heterocycles. The molecular weight excluding hydrogens is 653 g/mol. The Hall–Kier alpha value is -2.92. The summed E-state index contributed by atoms with van der Waals surface area (Å²) in [5, 5.41) is 3.78. The fraction of sp³-hybridized carbons (Fsp3) is 0.394. The van der Waals surface area contributed by atoms with Crippen LogP contribution in [0.5, 0.6) is 5.75 Å². The number of thioether (sulfide) groups is 1. The maximum Gasteiger partial charge on any atom is 0.264 e. The predicted octanol–water partition coefficient (Wildman–Crippen LogP) is 7.18. The first-order valence-electron chi connectivity index (χ1n) is 15.0. The van der Waals surface area contributed by atoms with Crippen molar-refractivity contribution in [3.05, 3.63) is 82.3 Å². The minimum atomic E-state index is -4.19. The molecule has 3 aromatic carbocycles. The number of carbonyl (C=O) groups excluding carboxylic acids is 2. The van der Waals surface area contributed by atoms with E-state index >= 15 is 0 Å². The van der Waals surface area contributed by atoms with Crippen LogP contribution in [0.15, 0.2) is 76.5 Å². The van der Waals surface area contributed by atoms with E-state index in [0.717, 1.165) is 41.3 Å². The number of ether oxygens (including phenoxy) is 1. The zero-order valence-corrected chi connectivity index (χ0v) is 28.8. The van der Waals surface area contributed by atoms with Gasteiger partial charge >= 0.3 is 0 Å². The van der Waals surface area contributed by atoms with E-state index in [9.17, 15) is 18.0 Å². The SMILES string of the molecule is CCOc1ccc(N(CC(=O)N(Cc2ccc(Cl)c(Cl)c2)[C@@H](C)C(=O)NC2CCCCC2)S(=O)(=O)c2ccc(SC)cc2)cc1. The highest BCUT2D eigenvalue weighted by atomic mass is 35.5. The van der Waals surface area contributed by atoms with Crippen molar-refractivity contribution in [2.24, 2.45) is 0 Å². The zero-order valence-electron chi connectivity index (χ0n) is 25.7. The molecule has 0 radical (unpaired) electrons. The van der Waals surface area contributed by atoms with Crippen molar-refractivity contribution >= 4 is 62.5 Å². The van der Waals surface area contributed by atoms with Crippen molar-refractivity contribution in [2.75, 3.05) is 23.7 Å². The monoisotopic (exact) mass is 691 g/mol. The van der Waals surface area contributed by atoms with Gasteiger partial charge in [-0.2, -0.15) is 0 Å². The average Bonchev–Trinajstić information content (AvgIpc) is 3.04. The Morgan fingerprint density at radius 3 is 2.24 bits per heavy atom. The number of sulfonamides is 1. The van der Waals surface area contributed by atoms with Crippen molar-refractivity contribution in [2.45, 2.75) is 74.4 Å². The van der Waals surface area contributed by atoms with E-state index in [0.29, 0.717) is 28.0 Å². The summed E-state index contributed by atoms with van der Waals surface area (Å²) in [7, 11) is -4.19. The van der Waals surface area contributed by atoms with Gasteiger partial charge in [0.1, 0.15) is 18.3 Å². The summed E-state index contributed by atoms with van der Waals surface area (Å²) in [4.78, 5) is 30.1.